The molecule has 0 aliphatic rings. The number of quaternary nitrogens is 1. The number of hydrogen-bond acceptors (Lipinski definition) is 2. The fourth-order valence-electron chi connectivity index (χ4n) is 1.26. The number of carboxylic acids is 1. The quantitative estimate of drug-likeness (QED) is 0.568. The minimum atomic E-state index is -1.08. The Kier molecular flexibility index (Phi) is 6.11. The van der Waals surface area contributed by atoms with Crippen molar-refractivity contribution in [3.63, 3.8) is 0 Å². The van der Waals surface area contributed by atoms with Gasteiger partial charge in [0.05, 0.1) is 14.1 Å². The first-order valence-electron chi connectivity index (χ1n) is 5.07. The maximum atomic E-state index is 8.89. The van der Waals surface area contributed by atoms with E-state index in [1.54, 1.807) is 0 Å². The molecule has 0 spiro atoms. The van der Waals surface area contributed by atoms with E-state index < -0.39 is 5.97 Å². The van der Waals surface area contributed by atoms with Gasteiger partial charge in [-0.15, -0.1) is 0 Å². The second-order valence-corrected chi connectivity index (χ2v) is 3.98. The molecule has 0 N–H and O–H groups in total. The Bertz CT molecular complexity index is 327. The Morgan fingerprint density at radius 1 is 1.38 bits per heavy atom. The van der Waals surface area contributed by atoms with Crippen LogP contribution in [0.2, 0.25) is 0 Å². The Morgan fingerprint density at radius 3 is 2.19 bits per heavy atom. The Labute approximate surface area is 97.2 Å². The monoisotopic (exact) mass is 221 g/mol. The number of carbonyl (C=O) groups excluding carboxylic acids is 1. The molecule has 0 bridgehead atoms. The average molecular weight is 221 g/mol. The van der Waals surface area contributed by atoms with Crippen LogP contribution >= 0.6 is 0 Å². The summed E-state index contributed by atoms with van der Waals surface area (Å²) in [6, 6.07) is 10.5. The molecule has 0 heterocycles. The highest BCUT2D eigenvalue weighted by molar-refractivity contribution is 5.60. The number of benzene rings is 1. The highest BCUT2D eigenvalue weighted by Gasteiger charge is 2.15. The van der Waals surface area contributed by atoms with Crippen LogP contribution in [0.4, 0.5) is 5.69 Å². The predicted molar refractivity (Wildman–Crippen MR) is 65.8 cm³/mol. The smallest absolute Gasteiger partial charge is 0.132 e. The summed E-state index contributed by atoms with van der Waals surface area (Å²) in [6.45, 7) is 5.69. The maximum absolute atomic E-state index is 8.89. The van der Waals surface area contributed by atoms with Crippen molar-refractivity contribution in [2.24, 2.45) is 0 Å². The normalized spacial score (nSPS) is 9.94. The summed E-state index contributed by atoms with van der Waals surface area (Å²) in [7, 11) is 4.36. The molecule has 0 fully saturated rings. The van der Waals surface area contributed by atoms with E-state index in [9.17, 15) is 0 Å². The van der Waals surface area contributed by atoms with Crippen molar-refractivity contribution < 1.29 is 9.90 Å². The first-order chi connectivity index (χ1) is 7.40. The van der Waals surface area contributed by atoms with Gasteiger partial charge in [0.2, 0.25) is 0 Å². The van der Waals surface area contributed by atoms with Crippen molar-refractivity contribution in [3.8, 4) is 0 Å². The molecule has 0 unspecified atom stereocenters. The van der Waals surface area contributed by atoms with Gasteiger partial charge in [-0.3, -0.25) is 4.48 Å². The third-order valence-electron chi connectivity index (χ3n) is 2.04. The van der Waals surface area contributed by atoms with Crippen LogP contribution in [-0.2, 0) is 4.79 Å². The molecule has 0 saturated carbocycles. The van der Waals surface area contributed by atoms with Crippen LogP contribution in [0, 0.1) is 0 Å². The van der Waals surface area contributed by atoms with Crippen molar-refractivity contribution in [3.05, 3.63) is 43.0 Å². The molecule has 0 amide bonds. The Balaban J connectivity index is 0.000000487. The zero-order chi connectivity index (χ0) is 12.6. The first-order valence-corrected chi connectivity index (χ1v) is 5.07. The Hall–Kier alpha value is -1.61. The van der Waals surface area contributed by atoms with Gasteiger partial charge in [-0.2, -0.15) is 0 Å². The van der Waals surface area contributed by atoms with Crippen molar-refractivity contribution in [2.45, 2.75) is 6.92 Å². The summed E-state index contributed by atoms with van der Waals surface area (Å²) in [4.78, 5) is 8.89. The Morgan fingerprint density at radius 2 is 1.81 bits per heavy atom. The molecule has 1 aromatic carbocycles. The fraction of sp³-hybridized carbons (Fsp3) is 0.308. The third-order valence-corrected chi connectivity index (χ3v) is 2.04. The van der Waals surface area contributed by atoms with Gasteiger partial charge >= 0.3 is 0 Å². The number of nitrogens with zero attached hydrogens (tertiary/aromatic N) is 1. The summed E-state index contributed by atoms with van der Waals surface area (Å²) >= 11 is 0. The van der Waals surface area contributed by atoms with Gasteiger partial charge in [0.1, 0.15) is 12.2 Å². The highest BCUT2D eigenvalue weighted by atomic mass is 16.4. The summed E-state index contributed by atoms with van der Waals surface area (Å²) in [5.74, 6) is -1.08. The van der Waals surface area contributed by atoms with Crippen molar-refractivity contribution in [1.82, 2.24) is 4.48 Å². The first kappa shape index (κ1) is 14.4. The zero-order valence-corrected chi connectivity index (χ0v) is 10.1. The van der Waals surface area contributed by atoms with Crippen molar-refractivity contribution in [2.75, 3.05) is 20.6 Å². The van der Waals surface area contributed by atoms with E-state index in [1.807, 2.05) is 12.1 Å². The van der Waals surface area contributed by atoms with Gasteiger partial charge in [-0.05, 0) is 25.1 Å². The molecule has 1 rings (SSSR count). The maximum Gasteiger partial charge on any atom is 0.132 e. The number of aliphatic carboxylic acids is 1. The summed E-state index contributed by atoms with van der Waals surface area (Å²) in [6.07, 6.45) is 1.95. The van der Waals surface area contributed by atoms with E-state index in [1.165, 1.54) is 5.69 Å². The lowest BCUT2D eigenvalue weighted by molar-refractivity contribution is -0.302. The number of carbonyl (C=O) groups is 1. The molecule has 0 atom stereocenters. The molecule has 0 aliphatic carbocycles. The largest absolute Gasteiger partial charge is 0.550 e. The van der Waals surface area contributed by atoms with E-state index in [0.717, 1.165) is 18.0 Å². The van der Waals surface area contributed by atoms with Crippen LogP contribution in [0.25, 0.3) is 0 Å². The zero-order valence-electron chi connectivity index (χ0n) is 10.1. The standard InChI is InChI=1S/C11H16N.C2H4O2/c1-4-10-12(2,3)11-8-6-5-7-9-11;1-2(3)4/h4-9H,1,10H2,2-3H3;1H3,(H,3,4)/q+1;/p-1. The van der Waals surface area contributed by atoms with Gasteiger partial charge in [-0.1, -0.05) is 24.8 Å². The summed E-state index contributed by atoms with van der Waals surface area (Å²) < 4.78 is 0.865. The fourth-order valence-corrected chi connectivity index (χ4v) is 1.26. The molecular formula is C13H19NO2. The van der Waals surface area contributed by atoms with Crippen LogP contribution in [0.3, 0.4) is 0 Å². The van der Waals surface area contributed by atoms with Crippen molar-refractivity contribution >= 4 is 11.7 Å². The predicted octanol–water partition coefficient (Wildman–Crippen LogP) is 1.20. The molecule has 1 aromatic rings. The van der Waals surface area contributed by atoms with Gasteiger partial charge in [0.25, 0.3) is 0 Å². The molecule has 3 nitrogen and oxygen atoms in total. The minimum absolute atomic E-state index is 0.865. The highest BCUT2D eigenvalue weighted by Crippen LogP contribution is 2.17. The van der Waals surface area contributed by atoms with E-state index in [-0.39, 0.29) is 0 Å². The van der Waals surface area contributed by atoms with Crippen LogP contribution in [0.15, 0.2) is 43.0 Å². The van der Waals surface area contributed by atoms with Crippen LogP contribution in [-0.4, -0.2) is 26.6 Å². The van der Waals surface area contributed by atoms with Gasteiger partial charge in [0, 0.05) is 5.97 Å². The van der Waals surface area contributed by atoms with E-state index >= 15 is 0 Å². The molecule has 0 aliphatic heterocycles. The van der Waals surface area contributed by atoms with Crippen molar-refractivity contribution in [1.29, 1.82) is 0 Å². The second kappa shape index (κ2) is 6.80. The van der Waals surface area contributed by atoms with E-state index in [4.69, 9.17) is 9.90 Å². The van der Waals surface area contributed by atoms with Gasteiger partial charge < -0.3 is 9.90 Å². The number of hydrogen-bond donors (Lipinski definition) is 0. The van der Waals surface area contributed by atoms with Crippen LogP contribution in [0.5, 0.6) is 0 Å². The van der Waals surface area contributed by atoms with E-state index in [0.29, 0.717) is 0 Å². The summed E-state index contributed by atoms with van der Waals surface area (Å²) in [5.41, 5.74) is 1.32. The lowest BCUT2D eigenvalue weighted by Crippen LogP contribution is -2.40. The molecule has 88 valence electrons. The number of likely N-dealkylation sites (N-methyl/N-ethyl adjacent to an activating group) is 1. The molecule has 0 saturated heterocycles. The molecule has 3 heteroatoms. The summed E-state index contributed by atoms with van der Waals surface area (Å²) in [5, 5.41) is 8.89. The molecule has 16 heavy (non-hydrogen) atoms. The van der Waals surface area contributed by atoms with Crippen LogP contribution < -0.4 is 9.59 Å². The molecule has 0 aromatic heterocycles. The average Bonchev–Trinajstić information content (AvgIpc) is 2.18. The molecule has 0 radical (unpaired) electrons. The molecular weight excluding hydrogens is 202 g/mol. The topological polar surface area (TPSA) is 40.1 Å². The minimum Gasteiger partial charge on any atom is -0.550 e. The number of para-hydroxylation sites is 1. The third kappa shape index (κ3) is 5.98. The van der Waals surface area contributed by atoms with Gasteiger partial charge in [0.15, 0.2) is 0 Å². The number of rotatable bonds is 3. The number of carboxylic acid groups (broad SMARTS) is 1. The van der Waals surface area contributed by atoms with Gasteiger partial charge in [-0.25, -0.2) is 0 Å². The van der Waals surface area contributed by atoms with Crippen LogP contribution in [0.1, 0.15) is 6.92 Å². The van der Waals surface area contributed by atoms with E-state index in [2.05, 4.69) is 44.9 Å². The lowest BCUT2D eigenvalue weighted by atomic mass is 10.2. The SMILES string of the molecule is C=CC[N+](C)(C)c1ccccc1.CC(=O)[O-]. The second-order valence-electron chi connectivity index (χ2n) is 3.98. The lowest BCUT2D eigenvalue weighted by Gasteiger charge is -2.27.